The minimum absolute atomic E-state index is 0.910. The van der Waals surface area contributed by atoms with E-state index in [-0.39, 0.29) is 0 Å². The van der Waals surface area contributed by atoms with Gasteiger partial charge in [-0.25, -0.2) is 0 Å². The molecule has 0 amide bonds. The van der Waals surface area contributed by atoms with E-state index in [0.717, 1.165) is 32.6 Å². The molecule has 0 aromatic carbocycles. The van der Waals surface area contributed by atoms with Crippen molar-refractivity contribution in [2.75, 3.05) is 26.2 Å². The van der Waals surface area contributed by atoms with Crippen molar-refractivity contribution >= 4 is 0 Å². The van der Waals surface area contributed by atoms with E-state index in [1.165, 1.54) is 24.4 Å². The fourth-order valence-corrected chi connectivity index (χ4v) is 2.11. The van der Waals surface area contributed by atoms with Gasteiger partial charge in [-0.3, -0.25) is 4.68 Å². The average Bonchev–Trinajstić information content (AvgIpc) is 2.74. The van der Waals surface area contributed by atoms with E-state index in [1.807, 2.05) is 11.7 Å². The van der Waals surface area contributed by atoms with Gasteiger partial charge in [-0.1, -0.05) is 20.8 Å². The van der Waals surface area contributed by atoms with Crippen LogP contribution >= 0.6 is 0 Å². The van der Waals surface area contributed by atoms with Crippen molar-refractivity contribution in [3.05, 3.63) is 17.5 Å². The molecule has 18 heavy (non-hydrogen) atoms. The van der Waals surface area contributed by atoms with Gasteiger partial charge in [0.15, 0.2) is 0 Å². The largest absolute Gasteiger partial charge is 0.310 e. The summed E-state index contributed by atoms with van der Waals surface area (Å²) in [5, 5.41) is 7.96. The SMILES string of the molecule is CCCN(CC)CCNCc1cc(CC)nn1C. The van der Waals surface area contributed by atoms with Gasteiger partial charge in [0.2, 0.25) is 0 Å². The Kier molecular flexibility index (Phi) is 6.98. The Morgan fingerprint density at radius 3 is 2.61 bits per heavy atom. The van der Waals surface area contributed by atoms with E-state index in [0.29, 0.717) is 0 Å². The van der Waals surface area contributed by atoms with Gasteiger partial charge < -0.3 is 10.2 Å². The van der Waals surface area contributed by atoms with Gasteiger partial charge in [-0.2, -0.15) is 5.10 Å². The molecule has 4 heteroatoms. The summed E-state index contributed by atoms with van der Waals surface area (Å²) >= 11 is 0. The molecule has 104 valence electrons. The number of likely N-dealkylation sites (N-methyl/N-ethyl adjacent to an activating group) is 1. The number of hydrogen-bond donors (Lipinski definition) is 1. The summed E-state index contributed by atoms with van der Waals surface area (Å²) in [4.78, 5) is 2.48. The van der Waals surface area contributed by atoms with Crippen LogP contribution < -0.4 is 5.32 Å². The minimum atomic E-state index is 0.910. The Bertz CT molecular complexity index is 333. The van der Waals surface area contributed by atoms with Crippen LogP contribution in [0.25, 0.3) is 0 Å². The molecule has 4 nitrogen and oxygen atoms in total. The first-order valence-electron chi connectivity index (χ1n) is 7.16. The molecule has 0 aliphatic rings. The Hall–Kier alpha value is -0.870. The lowest BCUT2D eigenvalue weighted by Crippen LogP contribution is -2.32. The first-order chi connectivity index (χ1) is 8.71. The maximum atomic E-state index is 4.45. The Labute approximate surface area is 111 Å². The Morgan fingerprint density at radius 1 is 1.28 bits per heavy atom. The van der Waals surface area contributed by atoms with E-state index in [1.54, 1.807) is 0 Å². The highest BCUT2D eigenvalue weighted by Crippen LogP contribution is 2.03. The third-order valence-electron chi connectivity index (χ3n) is 3.29. The summed E-state index contributed by atoms with van der Waals surface area (Å²) in [5.74, 6) is 0. The number of aromatic nitrogens is 2. The van der Waals surface area contributed by atoms with Gasteiger partial charge in [-0.15, -0.1) is 0 Å². The lowest BCUT2D eigenvalue weighted by molar-refractivity contribution is 0.287. The number of nitrogens with zero attached hydrogens (tertiary/aromatic N) is 3. The maximum Gasteiger partial charge on any atom is 0.0625 e. The van der Waals surface area contributed by atoms with Crippen LogP contribution in [0.3, 0.4) is 0 Å². The van der Waals surface area contributed by atoms with Gasteiger partial charge in [0, 0.05) is 26.7 Å². The fraction of sp³-hybridized carbons (Fsp3) is 0.786. The van der Waals surface area contributed by atoms with Crippen molar-refractivity contribution in [2.45, 2.75) is 40.2 Å². The van der Waals surface area contributed by atoms with E-state index in [4.69, 9.17) is 0 Å². The van der Waals surface area contributed by atoms with Crippen molar-refractivity contribution in [1.29, 1.82) is 0 Å². The average molecular weight is 252 g/mol. The molecule has 0 bridgehead atoms. The summed E-state index contributed by atoms with van der Waals surface area (Å²) in [6, 6.07) is 2.19. The van der Waals surface area contributed by atoms with Gasteiger partial charge in [0.05, 0.1) is 11.4 Å². The highest BCUT2D eigenvalue weighted by molar-refractivity contribution is 5.09. The van der Waals surface area contributed by atoms with Crippen molar-refractivity contribution in [3.8, 4) is 0 Å². The monoisotopic (exact) mass is 252 g/mol. The standard InChI is InChI=1S/C14H28N4/c1-5-9-18(7-3)10-8-15-12-14-11-13(6-2)16-17(14)4/h11,15H,5-10,12H2,1-4H3. The van der Waals surface area contributed by atoms with E-state index in [2.05, 4.69) is 42.2 Å². The van der Waals surface area contributed by atoms with Crippen molar-refractivity contribution < 1.29 is 0 Å². The minimum Gasteiger partial charge on any atom is -0.310 e. The third-order valence-corrected chi connectivity index (χ3v) is 3.29. The van der Waals surface area contributed by atoms with Crippen LogP contribution in [-0.4, -0.2) is 40.9 Å². The molecule has 0 saturated heterocycles. The zero-order valence-corrected chi connectivity index (χ0v) is 12.4. The fourth-order valence-electron chi connectivity index (χ4n) is 2.11. The highest BCUT2D eigenvalue weighted by atomic mass is 15.3. The van der Waals surface area contributed by atoms with Crippen LogP contribution in [-0.2, 0) is 20.0 Å². The van der Waals surface area contributed by atoms with Crippen LogP contribution in [0.5, 0.6) is 0 Å². The molecule has 1 aromatic rings. The van der Waals surface area contributed by atoms with Crippen molar-refractivity contribution in [2.24, 2.45) is 7.05 Å². The molecule has 0 unspecified atom stereocenters. The number of nitrogens with one attached hydrogen (secondary N) is 1. The van der Waals surface area contributed by atoms with Crippen LogP contribution in [0, 0.1) is 0 Å². The topological polar surface area (TPSA) is 33.1 Å². The number of hydrogen-bond acceptors (Lipinski definition) is 3. The van der Waals surface area contributed by atoms with E-state index in [9.17, 15) is 0 Å². The second-order valence-corrected chi connectivity index (χ2v) is 4.72. The Balaban J connectivity index is 2.26. The summed E-state index contributed by atoms with van der Waals surface area (Å²) in [6.07, 6.45) is 2.24. The predicted octanol–water partition coefficient (Wildman–Crippen LogP) is 1.80. The quantitative estimate of drug-likeness (QED) is 0.680. The normalized spacial score (nSPS) is 11.4. The molecule has 1 aromatic heterocycles. The second-order valence-electron chi connectivity index (χ2n) is 4.72. The number of rotatable bonds is 9. The van der Waals surface area contributed by atoms with Crippen molar-refractivity contribution in [1.82, 2.24) is 20.0 Å². The highest BCUT2D eigenvalue weighted by Gasteiger charge is 2.04. The molecule has 0 aliphatic carbocycles. The summed E-state index contributed by atoms with van der Waals surface area (Å²) < 4.78 is 1.98. The molecular weight excluding hydrogens is 224 g/mol. The van der Waals surface area contributed by atoms with E-state index >= 15 is 0 Å². The molecule has 0 aliphatic heterocycles. The molecule has 0 atom stereocenters. The van der Waals surface area contributed by atoms with Gasteiger partial charge in [0.1, 0.15) is 0 Å². The lowest BCUT2D eigenvalue weighted by Gasteiger charge is -2.19. The molecule has 1 rings (SSSR count). The molecule has 0 saturated carbocycles. The third kappa shape index (κ3) is 4.78. The summed E-state index contributed by atoms with van der Waals surface area (Å²) in [7, 11) is 2.02. The lowest BCUT2D eigenvalue weighted by atomic mass is 10.3. The zero-order chi connectivity index (χ0) is 13.4. The van der Waals surface area contributed by atoms with Crippen LogP contribution in [0.15, 0.2) is 6.07 Å². The van der Waals surface area contributed by atoms with Gasteiger partial charge in [0.25, 0.3) is 0 Å². The molecule has 1 N–H and O–H groups in total. The molecule has 1 heterocycles. The van der Waals surface area contributed by atoms with Crippen molar-refractivity contribution in [3.63, 3.8) is 0 Å². The molecule has 0 fully saturated rings. The van der Waals surface area contributed by atoms with E-state index < -0.39 is 0 Å². The first-order valence-corrected chi connectivity index (χ1v) is 7.16. The summed E-state index contributed by atoms with van der Waals surface area (Å²) in [6.45, 7) is 12.0. The van der Waals surface area contributed by atoms with Gasteiger partial charge >= 0.3 is 0 Å². The maximum absolute atomic E-state index is 4.45. The van der Waals surface area contributed by atoms with Crippen LogP contribution in [0.1, 0.15) is 38.6 Å². The van der Waals surface area contributed by atoms with Crippen LogP contribution in [0.4, 0.5) is 0 Å². The summed E-state index contributed by atoms with van der Waals surface area (Å²) in [5.41, 5.74) is 2.45. The number of aryl methyl sites for hydroxylation is 2. The molecule has 0 spiro atoms. The second kappa shape index (κ2) is 8.27. The first kappa shape index (κ1) is 15.2. The molecular formula is C14H28N4. The Morgan fingerprint density at radius 2 is 2.06 bits per heavy atom. The smallest absolute Gasteiger partial charge is 0.0625 e. The zero-order valence-electron chi connectivity index (χ0n) is 12.4. The molecule has 0 radical (unpaired) electrons. The van der Waals surface area contributed by atoms with Crippen LogP contribution in [0.2, 0.25) is 0 Å². The van der Waals surface area contributed by atoms with Gasteiger partial charge in [-0.05, 0) is 32.0 Å². The predicted molar refractivity (Wildman–Crippen MR) is 76.7 cm³/mol.